The van der Waals surface area contributed by atoms with Gasteiger partial charge in [0.15, 0.2) is 6.10 Å². The minimum atomic E-state index is -1.57. The highest BCUT2D eigenvalue weighted by atomic mass is 35.5. The molecule has 2 atom stereocenters. The van der Waals surface area contributed by atoms with Crippen molar-refractivity contribution in [1.29, 1.82) is 0 Å². The maximum absolute atomic E-state index is 13.4. The number of benzene rings is 3. The zero-order valence-corrected chi connectivity index (χ0v) is 17.0. The molecule has 2 heterocycles. The van der Waals surface area contributed by atoms with Crippen molar-refractivity contribution in [1.82, 2.24) is 0 Å². The maximum Gasteiger partial charge on any atom is 0.351 e. The van der Waals surface area contributed by atoms with Crippen LogP contribution in [-0.2, 0) is 14.4 Å². The van der Waals surface area contributed by atoms with Crippen molar-refractivity contribution in [2.45, 2.75) is 11.6 Å². The number of carbonyl (C=O) groups is 1. The average molecular weight is 437 g/mol. The van der Waals surface area contributed by atoms with Crippen molar-refractivity contribution in [2.24, 2.45) is 10.1 Å². The second-order valence-corrected chi connectivity index (χ2v) is 7.69. The van der Waals surface area contributed by atoms with Crippen LogP contribution in [0.3, 0.4) is 0 Å². The molecule has 0 saturated heterocycles. The van der Waals surface area contributed by atoms with Gasteiger partial charge in [-0.05, 0) is 29.8 Å². The average Bonchev–Trinajstić information content (AvgIpc) is 3.31. The molecule has 3 aromatic rings. The standard InChI is InChI=1S/C23H14Cl2N2O3/c24-16-12-7-13-17(25)18(16)19-23(20(30-27-19)14-8-3-1-4-9-14)22(28)29-21(26-23)15-10-5-2-6-11-15/h1-13,20H/t20-,23+/m0/s1. The van der Waals surface area contributed by atoms with Gasteiger partial charge >= 0.3 is 5.97 Å². The summed E-state index contributed by atoms with van der Waals surface area (Å²) in [5.41, 5.74) is 0.457. The normalized spacial score (nSPS) is 22.5. The van der Waals surface area contributed by atoms with Crippen molar-refractivity contribution in [3.8, 4) is 0 Å². The van der Waals surface area contributed by atoms with E-state index in [2.05, 4.69) is 5.16 Å². The van der Waals surface area contributed by atoms with Gasteiger partial charge in [0.05, 0.1) is 10.0 Å². The van der Waals surface area contributed by atoms with E-state index in [1.165, 1.54) is 0 Å². The molecule has 1 spiro atoms. The highest BCUT2D eigenvalue weighted by molar-refractivity contribution is 6.42. The maximum atomic E-state index is 13.4. The predicted molar refractivity (Wildman–Crippen MR) is 115 cm³/mol. The quantitative estimate of drug-likeness (QED) is 0.529. The Morgan fingerprint density at radius 1 is 0.833 bits per heavy atom. The number of rotatable bonds is 3. The summed E-state index contributed by atoms with van der Waals surface area (Å²) < 4.78 is 5.63. The first-order valence-corrected chi connectivity index (χ1v) is 9.98. The molecule has 0 fully saturated rings. The molecule has 0 aliphatic carbocycles. The molecule has 0 unspecified atom stereocenters. The SMILES string of the molecule is O=C1OC(c2ccccc2)=N[C@@]12C(c1c(Cl)cccc1Cl)=NO[C@H]2c1ccccc1. The lowest BCUT2D eigenvalue weighted by molar-refractivity contribution is -0.139. The second kappa shape index (κ2) is 7.27. The van der Waals surface area contributed by atoms with Gasteiger partial charge in [-0.2, -0.15) is 0 Å². The van der Waals surface area contributed by atoms with Crippen LogP contribution in [0.4, 0.5) is 0 Å². The van der Waals surface area contributed by atoms with Crippen LogP contribution in [0, 0.1) is 0 Å². The first-order valence-electron chi connectivity index (χ1n) is 9.22. The fourth-order valence-electron chi connectivity index (χ4n) is 3.68. The number of ether oxygens (including phenoxy) is 1. The van der Waals surface area contributed by atoms with Crippen LogP contribution in [0.5, 0.6) is 0 Å². The largest absolute Gasteiger partial charge is 0.405 e. The summed E-state index contributed by atoms with van der Waals surface area (Å²) in [7, 11) is 0. The van der Waals surface area contributed by atoms with E-state index in [4.69, 9.17) is 37.8 Å². The summed E-state index contributed by atoms with van der Waals surface area (Å²) in [6, 6.07) is 23.6. The van der Waals surface area contributed by atoms with Gasteiger partial charge in [-0.1, -0.05) is 83.0 Å². The van der Waals surface area contributed by atoms with Crippen molar-refractivity contribution in [2.75, 3.05) is 0 Å². The highest BCUT2D eigenvalue weighted by Crippen LogP contribution is 2.47. The summed E-state index contributed by atoms with van der Waals surface area (Å²) >= 11 is 12.9. The van der Waals surface area contributed by atoms with Gasteiger partial charge in [-0.15, -0.1) is 0 Å². The zero-order chi connectivity index (χ0) is 20.7. The van der Waals surface area contributed by atoms with E-state index in [1.807, 2.05) is 60.7 Å². The lowest BCUT2D eigenvalue weighted by atomic mass is 9.81. The van der Waals surface area contributed by atoms with Crippen LogP contribution in [0.15, 0.2) is 89.0 Å². The van der Waals surface area contributed by atoms with Gasteiger partial charge in [-0.3, -0.25) is 0 Å². The number of carbonyl (C=O) groups excluding carboxylic acids is 1. The molecular weight excluding hydrogens is 423 g/mol. The van der Waals surface area contributed by atoms with Crippen LogP contribution in [-0.4, -0.2) is 23.1 Å². The molecule has 2 aliphatic rings. The molecule has 0 radical (unpaired) electrons. The molecule has 0 bridgehead atoms. The van der Waals surface area contributed by atoms with Gasteiger partial charge in [0, 0.05) is 11.1 Å². The van der Waals surface area contributed by atoms with Gasteiger partial charge in [0.25, 0.3) is 5.54 Å². The number of nitrogens with zero attached hydrogens (tertiary/aromatic N) is 2. The predicted octanol–water partition coefficient (Wildman–Crippen LogP) is 5.21. The number of hydrogen-bond acceptors (Lipinski definition) is 5. The molecule has 3 aromatic carbocycles. The molecule has 148 valence electrons. The summed E-state index contributed by atoms with van der Waals surface area (Å²) in [5, 5.41) is 4.92. The Morgan fingerprint density at radius 2 is 1.47 bits per heavy atom. The van der Waals surface area contributed by atoms with E-state index in [0.29, 0.717) is 21.2 Å². The summed E-state index contributed by atoms with van der Waals surface area (Å²) in [4.78, 5) is 23.9. The fraction of sp³-hybridized carbons (Fsp3) is 0.0870. The molecule has 2 aliphatic heterocycles. The zero-order valence-electron chi connectivity index (χ0n) is 15.5. The van der Waals surface area contributed by atoms with E-state index in [0.717, 1.165) is 5.56 Å². The van der Waals surface area contributed by atoms with E-state index in [1.54, 1.807) is 18.2 Å². The Kier molecular flexibility index (Phi) is 4.57. The Labute approximate surface area is 182 Å². The third kappa shape index (κ3) is 2.82. The lowest BCUT2D eigenvalue weighted by Gasteiger charge is -2.24. The van der Waals surface area contributed by atoms with E-state index < -0.39 is 17.6 Å². The van der Waals surface area contributed by atoms with Crippen molar-refractivity contribution < 1.29 is 14.4 Å². The number of oxime groups is 1. The Hall–Kier alpha value is -3.15. The molecule has 0 N–H and O–H groups in total. The molecule has 5 rings (SSSR count). The van der Waals surface area contributed by atoms with Crippen LogP contribution in [0.2, 0.25) is 10.0 Å². The number of aliphatic imine (C=N–C) groups is 1. The smallest absolute Gasteiger partial charge is 0.351 e. The first kappa shape index (κ1) is 18.9. The molecule has 30 heavy (non-hydrogen) atoms. The van der Waals surface area contributed by atoms with E-state index in [9.17, 15) is 4.79 Å². The molecular formula is C23H14Cl2N2O3. The van der Waals surface area contributed by atoms with Crippen LogP contribution in [0.25, 0.3) is 0 Å². The Bertz CT molecular complexity index is 1180. The Balaban J connectivity index is 1.73. The molecule has 0 aromatic heterocycles. The van der Waals surface area contributed by atoms with E-state index in [-0.39, 0.29) is 11.6 Å². The number of esters is 1. The highest BCUT2D eigenvalue weighted by Gasteiger charge is 2.63. The van der Waals surface area contributed by atoms with Crippen LogP contribution >= 0.6 is 23.2 Å². The van der Waals surface area contributed by atoms with Gasteiger partial charge in [-0.25, -0.2) is 9.79 Å². The Morgan fingerprint density at radius 3 is 2.13 bits per heavy atom. The number of cyclic esters (lactones) is 1. The minimum absolute atomic E-state index is 0.197. The lowest BCUT2D eigenvalue weighted by Crippen LogP contribution is -2.45. The van der Waals surface area contributed by atoms with Crippen molar-refractivity contribution in [3.05, 3.63) is 106 Å². The number of hydrogen-bond donors (Lipinski definition) is 0. The van der Waals surface area contributed by atoms with Gasteiger partial charge in [0.1, 0.15) is 5.71 Å². The number of halogens is 2. The van der Waals surface area contributed by atoms with Gasteiger partial charge < -0.3 is 9.57 Å². The molecule has 0 saturated carbocycles. The second-order valence-electron chi connectivity index (χ2n) is 6.87. The van der Waals surface area contributed by atoms with Crippen LogP contribution in [0.1, 0.15) is 22.8 Å². The summed E-state index contributed by atoms with van der Waals surface area (Å²) in [6.45, 7) is 0. The van der Waals surface area contributed by atoms with Crippen LogP contribution < -0.4 is 0 Å². The van der Waals surface area contributed by atoms with Crippen molar-refractivity contribution >= 4 is 40.8 Å². The summed E-state index contributed by atoms with van der Waals surface area (Å²) in [5.74, 6) is -0.398. The van der Waals surface area contributed by atoms with E-state index >= 15 is 0 Å². The van der Waals surface area contributed by atoms with Gasteiger partial charge in [0.2, 0.25) is 5.90 Å². The molecule has 5 nitrogen and oxygen atoms in total. The minimum Gasteiger partial charge on any atom is -0.405 e. The van der Waals surface area contributed by atoms with Crippen molar-refractivity contribution in [3.63, 3.8) is 0 Å². The topological polar surface area (TPSA) is 60.2 Å². The third-order valence-corrected chi connectivity index (χ3v) is 5.72. The third-order valence-electron chi connectivity index (χ3n) is 5.09. The molecule has 7 heteroatoms. The summed E-state index contributed by atoms with van der Waals surface area (Å²) in [6.07, 6.45) is -0.824. The fourth-order valence-corrected chi connectivity index (χ4v) is 4.26. The monoisotopic (exact) mass is 436 g/mol. The first-order chi connectivity index (χ1) is 14.6. The molecule has 0 amide bonds.